The first-order valence-electron chi connectivity index (χ1n) is 11.2. The van der Waals surface area contributed by atoms with Crippen molar-refractivity contribution >= 4 is 28.9 Å². The molecule has 0 amide bonds. The van der Waals surface area contributed by atoms with Crippen molar-refractivity contribution < 1.29 is 0 Å². The topological polar surface area (TPSA) is 19.0 Å². The first-order chi connectivity index (χ1) is 15.2. The summed E-state index contributed by atoms with van der Waals surface area (Å²) in [5, 5.41) is 1.34. The van der Waals surface area contributed by atoms with Gasteiger partial charge in [-0.1, -0.05) is 84.9 Å². The monoisotopic (exact) mass is 442 g/mol. The van der Waals surface area contributed by atoms with Crippen LogP contribution in [0.15, 0.2) is 91.0 Å². The van der Waals surface area contributed by atoms with Gasteiger partial charge in [0.1, 0.15) is 0 Å². The number of hydrogen-bond donors (Lipinski definition) is 1. The molecule has 1 aromatic heterocycles. The van der Waals surface area contributed by atoms with Gasteiger partial charge in [0.2, 0.25) is 0 Å². The van der Waals surface area contributed by atoms with Crippen LogP contribution in [0.2, 0.25) is 0 Å². The molecule has 0 aliphatic heterocycles. The number of rotatable bonds is 5. The average molecular weight is 443 g/mol. The molecule has 1 aliphatic carbocycles. The second kappa shape index (κ2) is 9.36. The maximum Gasteiger partial charge on any atom is 0.0492 e. The van der Waals surface area contributed by atoms with Crippen LogP contribution in [0.3, 0.4) is 0 Å². The Bertz CT molecular complexity index is 1210. The van der Waals surface area contributed by atoms with Crippen LogP contribution >= 0.6 is 12.4 Å². The first kappa shape index (κ1) is 22.4. The molecule has 1 heterocycles. The van der Waals surface area contributed by atoms with E-state index in [1.807, 2.05) is 0 Å². The molecule has 0 radical (unpaired) electrons. The van der Waals surface area contributed by atoms with Crippen molar-refractivity contribution in [1.29, 1.82) is 0 Å². The summed E-state index contributed by atoms with van der Waals surface area (Å²) >= 11 is 0. The van der Waals surface area contributed by atoms with Crippen LogP contribution < -0.4 is 0 Å². The Balaban J connectivity index is 0.00000245. The van der Waals surface area contributed by atoms with Crippen molar-refractivity contribution in [2.45, 2.75) is 31.2 Å². The predicted octanol–water partition coefficient (Wildman–Crippen LogP) is 7.20. The van der Waals surface area contributed by atoms with E-state index in [-0.39, 0.29) is 17.9 Å². The highest BCUT2D eigenvalue weighted by Gasteiger charge is 2.36. The summed E-state index contributed by atoms with van der Waals surface area (Å²) in [7, 11) is 4.44. The van der Waals surface area contributed by atoms with Crippen molar-refractivity contribution in [3.05, 3.63) is 113 Å². The van der Waals surface area contributed by atoms with Crippen LogP contribution in [0.1, 0.15) is 41.6 Å². The molecule has 164 valence electrons. The number of hydrogen-bond acceptors (Lipinski definition) is 1. The number of H-pyrrole nitrogens is 1. The van der Waals surface area contributed by atoms with E-state index in [0.29, 0.717) is 0 Å². The lowest BCUT2D eigenvalue weighted by molar-refractivity contribution is 0.138. The summed E-state index contributed by atoms with van der Waals surface area (Å²) in [4.78, 5) is 6.18. The molecule has 0 saturated carbocycles. The number of halogens is 1. The molecule has 4 aromatic rings. The van der Waals surface area contributed by atoms with Crippen LogP contribution in [0.4, 0.5) is 0 Å². The molecular weight excluding hydrogens is 412 g/mol. The molecule has 0 spiro atoms. The van der Waals surface area contributed by atoms with E-state index in [2.05, 4.69) is 115 Å². The summed E-state index contributed by atoms with van der Waals surface area (Å²) in [6.45, 7) is 0. The molecule has 0 bridgehead atoms. The number of benzene rings is 3. The van der Waals surface area contributed by atoms with Crippen molar-refractivity contribution in [2.24, 2.45) is 0 Å². The quantitative estimate of drug-likeness (QED) is 0.346. The third-order valence-corrected chi connectivity index (χ3v) is 7.02. The predicted molar refractivity (Wildman–Crippen MR) is 138 cm³/mol. The normalized spacial score (nSPS) is 18.4. The highest BCUT2D eigenvalue weighted by Crippen LogP contribution is 2.44. The van der Waals surface area contributed by atoms with Gasteiger partial charge in [0.15, 0.2) is 0 Å². The lowest BCUT2D eigenvalue weighted by atomic mass is 9.75. The third-order valence-electron chi connectivity index (χ3n) is 7.02. The lowest BCUT2D eigenvalue weighted by Crippen LogP contribution is -2.42. The van der Waals surface area contributed by atoms with Crippen LogP contribution in [-0.4, -0.2) is 24.0 Å². The summed E-state index contributed by atoms with van der Waals surface area (Å²) in [5.41, 5.74) is 8.27. The highest BCUT2D eigenvalue weighted by molar-refractivity contribution is 5.90. The fourth-order valence-electron chi connectivity index (χ4n) is 5.20. The molecule has 0 saturated heterocycles. The number of allylic oxidation sites excluding steroid dienone is 1. The van der Waals surface area contributed by atoms with E-state index in [1.165, 1.54) is 38.9 Å². The van der Waals surface area contributed by atoms with E-state index in [1.54, 1.807) is 0 Å². The number of aromatic nitrogens is 1. The van der Waals surface area contributed by atoms with Gasteiger partial charge in [-0.25, -0.2) is 0 Å². The van der Waals surface area contributed by atoms with Crippen molar-refractivity contribution in [3.63, 3.8) is 0 Å². The standard InChI is InChI=1S/C29H30N2.ClH/c1-31(2)29(24-13-7-4-8-14-24)19-17-23(18-20-29)28-26(21-22-11-5-3-6-12-22)25-15-9-10-16-27(25)30-28;/h3-17,30H,18-21H2,1-2H3;1H. The molecule has 0 fully saturated rings. The van der Waals surface area contributed by atoms with E-state index in [0.717, 1.165) is 25.7 Å². The van der Waals surface area contributed by atoms with Crippen molar-refractivity contribution in [2.75, 3.05) is 14.1 Å². The van der Waals surface area contributed by atoms with Gasteiger partial charge in [0.05, 0.1) is 0 Å². The first-order valence-corrected chi connectivity index (χ1v) is 11.2. The maximum absolute atomic E-state index is 3.77. The Morgan fingerprint density at radius 1 is 0.844 bits per heavy atom. The van der Waals surface area contributed by atoms with Gasteiger partial charge in [-0.3, -0.25) is 4.90 Å². The second-order valence-corrected chi connectivity index (χ2v) is 8.91. The third kappa shape index (κ3) is 4.01. The summed E-state index contributed by atoms with van der Waals surface area (Å²) in [6.07, 6.45) is 6.65. The maximum atomic E-state index is 3.77. The Morgan fingerprint density at radius 2 is 1.50 bits per heavy atom. The van der Waals surface area contributed by atoms with Gasteiger partial charge in [0.25, 0.3) is 0 Å². The summed E-state index contributed by atoms with van der Waals surface area (Å²) < 4.78 is 0. The largest absolute Gasteiger partial charge is 0.355 e. The highest BCUT2D eigenvalue weighted by atomic mass is 35.5. The molecule has 1 atom stereocenters. The van der Waals surface area contributed by atoms with Crippen LogP contribution in [0.5, 0.6) is 0 Å². The summed E-state index contributed by atoms with van der Waals surface area (Å²) in [6, 6.07) is 30.5. The van der Waals surface area contributed by atoms with Crippen LogP contribution in [0.25, 0.3) is 16.5 Å². The van der Waals surface area contributed by atoms with Crippen LogP contribution in [0, 0.1) is 0 Å². The molecule has 32 heavy (non-hydrogen) atoms. The van der Waals surface area contributed by atoms with E-state index in [9.17, 15) is 0 Å². The van der Waals surface area contributed by atoms with Gasteiger partial charge < -0.3 is 4.98 Å². The van der Waals surface area contributed by atoms with Gasteiger partial charge in [-0.05, 0) is 61.7 Å². The zero-order valence-electron chi connectivity index (χ0n) is 18.8. The molecule has 1 unspecified atom stereocenters. The Hall–Kier alpha value is -2.81. The Labute approximate surface area is 197 Å². The molecule has 3 aromatic carbocycles. The fourth-order valence-corrected chi connectivity index (χ4v) is 5.20. The van der Waals surface area contributed by atoms with E-state index < -0.39 is 0 Å². The average Bonchev–Trinajstić information content (AvgIpc) is 3.18. The molecular formula is C29H31ClN2. The minimum absolute atomic E-state index is 0. The number of aromatic amines is 1. The number of nitrogens with zero attached hydrogens (tertiary/aromatic N) is 1. The van der Waals surface area contributed by atoms with Gasteiger partial charge in [0, 0.05) is 28.6 Å². The SMILES string of the molecule is CN(C)C1(c2ccccc2)CC=C(c2[nH]c3ccccc3c2Cc2ccccc2)CC1.Cl. The van der Waals surface area contributed by atoms with Crippen LogP contribution in [-0.2, 0) is 12.0 Å². The van der Waals surface area contributed by atoms with Crippen molar-refractivity contribution in [1.82, 2.24) is 9.88 Å². The van der Waals surface area contributed by atoms with E-state index in [4.69, 9.17) is 0 Å². The molecule has 5 rings (SSSR count). The van der Waals surface area contributed by atoms with Crippen molar-refractivity contribution in [3.8, 4) is 0 Å². The minimum Gasteiger partial charge on any atom is -0.355 e. The van der Waals surface area contributed by atoms with Gasteiger partial charge in [-0.2, -0.15) is 0 Å². The minimum atomic E-state index is 0. The molecule has 1 aliphatic rings. The molecule has 1 N–H and O–H groups in total. The lowest BCUT2D eigenvalue weighted by Gasteiger charge is -2.43. The van der Waals surface area contributed by atoms with E-state index >= 15 is 0 Å². The number of nitrogens with one attached hydrogen (secondary N) is 1. The number of fused-ring (bicyclic) bond motifs is 1. The summed E-state index contributed by atoms with van der Waals surface area (Å²) in [5.74, 6) is 0. The molecule has 2 nitrogen and oxygen atoms in total. The smallest absolute Gasteiger partial charge is 0.0492 e. The zero-order valence-corrected chi connectivity index (χ0v) is 19.7. The number of para-hydroxylation sites is 1. The Kier molecular flexibility index (Phi) is 6.55. The second-order valence-electron chi connectivity index (χ2n) is 8.91. The van der Waals surface area contributed by atoms with Gasteiger partial charge >= 0.3 is 0 Å². The Morgan fingerprint density at radius 3 is 2.16 bits per heavy atom. The fraction of sp³-hybridized carbons (Fsp3) is 0.241. The molecule has 3 heteroatoms. The van der Waals surface area contributed by atoms with Gasteiger partial charge in [-0.15, -0.1) is 12.4 Å². The zero-order chi connectivity index (χ0) is 21.3.